The minimum Gasteiger partial charge on any atom is -0.312 e. The van der Waals surface area contributed by atoms with Crippen LogP contribution in [0, 0.1) is 36.5 Å². The van der Waals surface area contributed by atoms with Gasteiger partial charge in [0, 0.05) is 27.4 Å². The van der Waals surface area contributed by atoms with E-state index in [0.717, 1.165) is 55.9 Å². The molecule has 216 valence electrons. The molecule has 0 aliphatic carbocycles. The van der Waals surface area contributed by atoms with Gasteiger partial charge >= 0.3 is 0 Å². The van der Waals surface area contributed by atoms with Gasteiger partial charge in [0.25, 0.3) is 0 Å². The topological polar surface area (TPSA) is 57.4 Å². The summed E-state index contributed by atoms with van der Waals surface area (Å²) < 4.78 is 4.49. The van der Waals surface area contributed by atoms with E-state index in [1.165, 1.54) is 21.7 Å². The van der Waals surface area contributed by atoms with Crippen LogP contribution >= 0.6 is 0 Å². The van der Waals surface area contributed by atoms with Crippen LogP contribution < -0.4 is 0 Å². The largest absolute Gasteiger partial charge is 0.312 e. The van der Waals surface area contributed by atoms with Gasteiger partial charge in [-0.25, -0.2) is 0 Å². The third-order valence-electron chi connectivity index (χ3n) is 9.22. The van der Waals surface area contributed by atoms with Crippen LogP contribution in [0.5, 0.6) is 0 Å². The normalized spacial score (nSPS) is 11.2. The summed E-state index contributed by atoms with van der Waals surface area (Å²) >= 11 is 0. The Labute approximate surface area is 267 Å². The van der Waals surface area contributed by atoms with Crippen molar-refractivity contribution < 1.29 is 0 Å². The Morgan fingerprint density at radius 1 is 0.478 bits per heavy atom. The van der Waals surface area contributed by atoms with Crippen LogP contribution in [0.3, 0.4) is 0 Å². The number of nitriles is 2. The van der Waals surface area contributed by atoms with Crippen molar-refractivity contribution in [1.29, 1.82) is 10.5 Å². The molecular weight excluding hydrogens is 560 g/mol. The molecule has 0 spiro atoms. The van der Waals surface area contributed by atoms with E-state index < -0.39 is 0 Å². The molecule has 2 aromatic heterocycles. The van der Waals surface area contributed by atoms with E-state index in [1.54, 1.807) is 0 Å². The first-order valence-corrected chi connectivity index (χ1v) is 15.3. The van der Waals surface area contributed by atoms with Crippen molar-refractivity contribution in [2.45, 2.75) is 13.8 Å². The molecule has 8 rings (SSSR count). The van der Waals surface area contributed by atoms with Crippen molar-refractivity contribution in [3.63, 3.8) is 0 Å². The molecule has 4 nitrogen and oxygen atoms in total. The standard InChI is InChI=1S/C42H28N4/c1-27-28(2)45(39-15-7-3-11-34(27)39)38-20-19-30(23-33(38)26-44)31-21-29(25-43)22-32(24-31)35-12-4-8-16-40(35)46-41-17-9-5-13-36(41)37-14-6-10-18-42(37)46/h3-24H,1-2H3. The molecule has 0 unspecified atom stereocenters. The maximum Gasteiger partial charge on any atom is 0.101 e. The molecule has 0 saturated carbocycles. The van der Waals surface area contributed by atoms with Crippen LogP contribution in [0.4, 0.5) is 0 Å². The van der Waals surface area contributed by atoms with Crippen molar-refractivity contribution in [1.82, 2.24) is 9.13 Å². The molecule has 0 amide bonds. The van der Waals surface area contributed by atoms with Gasteiger partial charge in [-0.05, 0) is 90.7 Å². The second-order valence-corrected chi connectivity index (χ2v) is 11.7. The number of hydrogen-bond donors (Lipinski definition) is 0. The fraction of sp³-hybridized carbons (Fsp3) is 0.0476. The lowest BCUT2D eigenvalue weighted by Gasteiger charge is -2.16. The molecule has 2 heterocycles. The zero-order chi connectivity index (χ0) is 31.4. The van der Waals surface area contributed by atoms with E-state index in [9.17, 15) is 10.5 Å². The number of hydrogen-bond acceptors (Lipinski definition) is 2. The van der Waals surface area contributed by atoms with Gasteiger partial charge in [0.05, 0.1) is 45.1 Å². The highest BCUT2D eigenvalue weighted by Gasteiger charge is 2.18. The summed E-state index contributed by atoms with van der Waals surface area (Å²) in [6, 6.07) is 50.5. The zero-order valence-electron chi connectivity index (χ0n) is 25.5. The van der Waals surface area contributed by atoms with Crippen LogP contribution in [0.1, 0.15) is 22.4 Å². The number of benzene rings is 6. The number of fused-ring (bicyclic) bond motifs is 4. The van der Waals surface area contributed by atoms with Crippen molar-refractivity contribution >= 4 is 32.7 Å². The van der Waals surface area contributed by atoms with E-state index in [0.29, 0.717) is 11.1 Å². The molecule has 0 N–H and O–H groups in total. The van der Waals surface area contributed by atoms with Gasteiger partial charge in [-0.3, -0.25) is 0 Å². The average molecular weight is 589 g/mol. The highest BCUT2D eigenvalue weighted by molar-refractivity contribution is 6.09. The van der Waals surface area contributed by atoms with Gasteiger partial charge in [-0.15, -0.1) is 0 Å². The molecule has 6 aromatic carbocycles. The van der Waals surface area contributed by atoms with Crippen LogP contribution in [0.25, 0.3) is 66.3 Å². The number of rotatable bonds is 4. The number of aryl methyl sites for hydroxylation is 1. The van der Waals surface area contributed by atoms with Crippen LogP contribution in [0.2, 0.25) is 0 Å². The highest BCUT2D eigenvalue weighted by Crippen LogP contribution is 2.38. The Hall–Kier alpha value is -6.36. The summed E-state index contributed by atoms with van der Waals surface area (Å²) in [6.07, 6.45) is 0. The van der Waals surface area contributed by atoms with Crippen LogP contribution in [-0.2, 0) is 0 Å². The lowest BCUT2D eigenvalue weighted by Crippen LogP contribution is -2.00. The quantitative estimate of drug-likeness (QED) is 0.205. The highest BCUT2D eigenvalue weighted by atomic mass is 15.0. The van der Waals surface area contributed by atoms with Crippen molar-refractivity contribution in [2.24, 2.45) is 0 Å². The van der Waals surface area contributed by atoms with Crippen LogP contribution in [0.15, 0.2) is 133 Å². The number of para-hydroxylation sites is 4. The summed E-state index contributed by atoms with van der Waals surface area (Å²) in [5.41, 5.74) is 12.4. The first-order chi connectivity index (χ1) is 22.6. The maximum atomic E-state index is 10.4. The fourth-order valence-corrected chi connectivity index (χ4v) is 6.95. The van der Waals surface area contributed by atoms with Gasteiger partial charge in [0.15, 0.2) is 0 Å². The van der Waals surface area contributed by atoms with E-state index in [2.05, 4.69) is 126 Å². The second kappa shape index (κ2) is 10.7. The van der Waals surface area contributed by atoms with Crippen LogP contribution in [-0.4, -0.2) is 9.13 Å². The maximum absolute atomic E-state index is 10.4. The first kappa shape index (κ1) is 27.2. The molecule has 4 heteroatoms. The summed E-state index contributed by atoms with van der Waals surface area (Å²) in [5, 5.41) is 24.1. The molecule has 0 radical (unpaired) electrons. The molecule has 0 bridgehead atoms. The summed E-state index contributed by atoms with van der Waals surface area (Å²) in [7, 11) is 0. The van der Waals surface area contributed by atoms with Gasteiger partial charge in [-0.1, -0.05) is 78.9 Å². The zero-order valence-corrected chi connectivity index (χ0v) is 25.5. The van der Waals surface area contributed by atoms with Gasteiger partial charge < -0.3 is 9.13 Å². The van der Waals surface area contributed by atoms with Crippen molar-refractivity contribution in [3.8, 4) is 45.8 Å². The minimum absolute atomic E-state index is 0.565. The minimum atomic E-state index is 0.565. The molecule has 0 aliphatic rings. The lowest BCUT2D eigenvalue weighted by molar-refractivity contribution is 1.03. The first-order valence-electron chi connectivity index (χ1n) is 15.3. The molecule has 8 aromatic rings. The summed E-state index contributed by atoms with van der Waals surface area (Å²) in [6.45, 7) is 4.22. The Morgan fingerprint density at radius 2 is 1.07 bits per heavy atom. The van der Waals surface area contributed by atoms with E-state index in [4.69, 9.17) is 0 Å². The molecule has 46 heavy (non-hydrogen) atoms. The Balaban J connectivity index is 1.31. The third kappa shape index (κ3) is 4.13. The Morgan fingerprint density at radius 3 is 1.74 bits per heavy atom. The second-order valence-electron chi connectivity index (χ2n) is 11.7. The predicted molar refractivity (Wildman–Crippen MR) is 187 cm³/mol. The van der Waals surface area contributed by atoms with Gasteiger partial charge in [0.2, 0.25) is 0 Å². The Kier molecular flexibility index (Phi) is 6.31. The molecule has 0 atom stereocenters. The van der Waals surface area contributed by atoms with Gasteiger partial charge in [0.1, 0.15) is 6.07 Å². The van der Waals surface area contributed by atoms with E-state index >= 15 is 0 Å². The molecular formula is C42H28N4. The predicted octanol–water partition coefficient (Wildman–Crippen LogP) is 10.4. The fourth-order valence-electron chi connectivity index (χ4n) is 6.95. The molecule has 0 aliphatic heterocycles. The van der Waals surface area contributed by atoms with Crippen molar-refractivity contribution in [2.75, 3.05) is 0 Å². The SMILES string of the molecule is Cc1c(C)n(-c2ccc(-c3cc(C#N)cc(-c4ccccc4-n4c5ccccc5c5ccccc54)c3)cc2C#N)c2ccccc12. The third-order valence-corrected chi connectivity index (χ3v) is 9.22. The molecule has 0 saturated heterocycles. The average Bonchev–Trinajstić information content (AvgIpc) is 3.58. The summed E-state index contributed by atoms with van der Waals surface area (Å²) in [5.74, 6) is 0. The van der Waals surface area contributed by atoms with Gasteiger partial charge in [-0.2, -0.15) is 10.5 Å². The summed E-state index contributed by atoms with van der Waals surface area (Å²) in [4.78, 5) is 0. The van der Waals surface area contributed by atoms with E-state index in [1.807, 2.05) is 42.5 Å². The number of aromatic nitrogens is 2. The smallest absolute Gasteiger partial charge is 0.101 e. The monoisotopic (exact) mass is 588 g/mol. The molecule has 0 fully saturated rings. The van der Waals surface area contributed by atoms with Crippen molar-refractivity contribution in [3.05, 3.63) is 156 Å². The van der Waals surface area contributed by atoms with E-state index in [-0.39, 0.29) is 0 Å². The number of nitrogens with zero attached hydrogens (tertiary/aromatic N) is 4. The lowest BCUT2D eigenvalue weighted by atomic mass is 9.94. The Bertz CT molecular complexity index is 2530.